The van der Waals surface area contributed by atoms with Crippen molar-refractivity contribution < 1.29 is 14.3 Å². The monoisotopic (exact) mass is 277 g/mol. The van der Waals surface area contributed by atoms with Crippen LogP contribution in [0.25, 0.3) is 0 Å². The molecule has 3 nitrogen and oxygen atoms in total. The van der Waals surface area contributed by atoms with E-state index in [1.165, 1.54) is 43.9 Å². The van der Waals surface area contributed by atoms with Crippen LogP contribution in [0.15, 0.2) is 18.2 Å². The zero-order valence-corrected chi connectivity index (χ0v) is 11.5. The zero-order valence-electron chi connectivity index (χ0n) is 11.5. The van der Waals surface area contributed by atoms with Crippen molar-refractivity contribution in [3.63, 3.8) is 0 Å². The molecule has 0 spiro atoms. The lowest BCUT2D eigenvalue weighted by Crippen LogP contribution is -2.28. The normalized spacial score (nSPS) is 18.5. The van der Waals surface area contributed by atoms with E-state index in [1.54, 1.807) is 0 Å². The van der Waals surface area contributed by atoms with Crippen LogP contribution in [0, 0.1) is 17.7 Å². The maximum atomic E-state index is 13.9. The van der Waals surface area contributed by atoms with Crippen LogP contribution in [0.1, 0.15) is 41.6 Å². The van der Waals surface area contributed by atoms with Crippen molar-refractivity contribution in [2.24, 2.45) is 11.8 Å². The summed E-state index contributed by atoms with van der Waals surface area (Å²) in [5.74, 6) is 0.229. The lowest BCUT2D eigenvalue weighted by molar-refractivity contribution is 0.0696. The maximum absolute atomic E-state index is 13.9. The Bertz CT molecular complexity index is 495. The molecule has 0 aliphatic heterocycles. The molecule has 0 heterocycles. The van der Waals surface area contributed by atoms with Crippen molar-refractivity contribution in [3.05, 3.63) is 35.1 Å². The number of benzene rings is 1. The SMILES string of the molecule is O=C(O)c1ccc(F)c(CN(CC2CC2)CC2CC2)c1. The Labute approximate surface area is 118 Å². The number of carboxylic acids is 1. The van der Waals surface area contributed by atoms with Gasteiger partial charge in [-0.15, -0.1) is 0 Å². The topological polar surface area (TPSA) is 40.5 Å². The summed E-state index contributed by atoms with van der Waals surface area (Å²) < 4.78 is 13.9. The molecule has 0 bridgehead atoms. The van der Waals surface area contributed by atoms with Gasteiger partial charge in [-0.3, -0.25) is 4.90 Å². The molecule has 2 aliphatic rings. The first kappa shape index (κ1) is 13.6. The molecule has 2 aliphatic carbocycles. The summed E-state index contributed by atoms with van der Waals surface area (Å²) in [6.07, 6.45) is 5.11. The molecule has 1 N–H and O–H groups in total. The summed E-state index contributed by atoms with van der Waals surface area (Å²) in [6, 6.07) is 4.07. The zero-order chi connectivity index (χ0) is 14.1. The van der Waals surface area contributed by atoms with E-state index in [-0.39, 0.29) is 11.4 Å². The van der Waals surface area contributed by atoms with Gasteiger partial charge in [0.05, 0.1) is 5.56 Å². The van der Waals surface area contributed by atoms with Crippen LogP contribution in [0.2, 0.25) is 0 Å². The number of nitrogens with zero attached hydrogens (tertiary/aromatic N) is 1. The highest BCUT2D eigenvalue weighted by molar-refractivity contribution is 5.87. The van der Waals surface area contributed by atoms with E-state index in [4.69, 9.17) is 5.11 Å². The van der Waals surface area contributed by atoms with Crippen molar-refractivity contribution in [3.8, 4) is 0 Å². The van der Waals surface area contributed by atoms with Gasteiger partial charge in [0.15, 0.2) is 0 Å². The van der Waals surface area contributed by atoms with Gasteiger partial charge >= 0.3 is 5.97 Å². The molecule has 0 amide bonds. The predicted octanol–water partition coefficient (Wildman–Crippen LogP) is 3.15. The molecule has 1 aromatic carbocycles. The Morgan fingerprint density at radius 1 is 1.20 bits per heavy atom. The van der Waals surface area contributed by atoms with Gasteiger partial charge in [-0.1, -0.05) is 0 Å². The summed E-state index contributed by atoms with van der Waals surface area (Å²) in [6.45, 7) is 2.57. The van der Waals surface area contributed by atoms with Gasteiger partial charge in [0.25, 0.3) is 0 Å². The van der Waals surface area contributed by atoms with Crippen LogP contribution < -0.4 is 0 Å². The first-order chi connectivity index (χ1) is 9.61. The van der Waals surface area contributed by atoms with E-state index in [9.17, 15) is 9.18 Å². The smallest absolute Gasteiger partial charge is 0.335 e. The van der Waals surface area contributed by atoms with E-state index < -0.39 is 5.97 Å². The van der Waals surface area contributed by atoms with Gasteiger partial charge in [0.2, 0.25) is 0 Å². The molecule has 20 heavy (non-hydrogen) atoms. The van der Waals surface area contributed by atoms with E-state index in [2.05, 4.69) is 4.90 Å². The average Bonchev–Trinajstić information content (AvgIpc) is 3.27. The van der Waals surface area contributed by atoms with Crippen LogP contribution in [-0.2, 0) is 6.54 Å². The van der Waals surface area contributed by atoms with E-state index in [1.807, 2.05) is 0 Å². The number of carboxylic acid groups (broad SMARTS) is 1. The summed E-state index contributed by atoms with van der Waals surface area (Å²) >= 11 is 0. The van der Waals surface area contributed by atoms with Crippen LogP contribution in [0.5, 0.6) is 0 Å². The third-order valence-corrected chi connectivity index (χ3v) is 4.11. The number of hydrogen-bond donors (Lipinski definition) is 1. The second-order valence-electron chi connectivity index (χ2n) is 6.19. The largest absolute Gasteiger partial charge is 0.478 e. The van der Waals surface area contributed by atoms with Gasteiger partial charge in [0.1, 0.15) is 5.82 Å². The summed E-state index contributed by atoms with van der Waals surface area (Å²) in [5.41, 5.74) is 0.672. The van der Waals surface area contributed by atoms with Gasteiger partial charge in [-0.25, -0.2) is 9.18 Å². The Kier molecular flexibility index (Phi) is 3.74. The fraction of sp³-hybridized carbons (Fsp3) is 0.562. The lowest BCUT2D eigenvalue weighted by Gasteiger charge is -2.22. The molecule has 4 heteroatoms. The van der Waals surface area contributed by atoms with E-state index >= 15 is 0 Å². The molecule has 0 radical (unpaired) electrons. The van der Waals surface area contributed by atoms with Crippen LogP contribution in [0.3, 0.4) is 0 Å². The molecular weight excluding hydrogens is 257 g/mol. The minimum atomic E-state index is -0.998. The predicted molar refractivity (Wildman–Crippen MR) is 74.1 cm³/mol. The second-order valence-corrected chi connectivity index (χ2v) is 6.19. The minimum Gasteiger partial charge on any atom is -0.478 e. The maximum Gasteiger partial charge on any atom is 0.335 e. The molecule has 2 saturated carbocycles. The van der Waals surface area contributed by atoms with Crippen LogP contribution in [0.4, 0.5) is 4.39 Å². The molecular formula is C16H20FNO2. The van der Waals surface area contributed by atoms with Gasteiger partial charge in [-0.05, 0) is 55.7 Å². The summed E-state index contributed by atoms with van der Waals surface area (Å²) in [5, 5.41) is 9.01. The number of aromatic carboxylic acids is 1. The Balaban J connectivity index is 1.71. The number of carbonyl (C=O) groups is 1. The van der Waals surface area contributed by atoms with Crippen molar-refractivity contribution >= 4 is 5.97 Å². The van der Waals surface area contributed by atoms with Crippen LogP contribution in [-0.4, -0.2) is 29.1 Å². The molecule has 1 aromatic rings. The van der Waals surface area contributed by atoms with Gasteiger partial charge in [-0.2, -0.15) is 0 Å². The first-order valence-electron chi connectivity index (χ1n) is 7.36. The van der Waals surface area contributed by atoms with Crippen LogP contribution >= 0.6 is 0 Å². The van der Waals surface area contributed by atoms with E-state index in [0.29, 0.717) is 12.1 Å². The Morgan fingerprint density at radius 2 is 1.80 bits per heavy atom. The lowest BCUT2D eigenvalue weighted by atomic mass is 10.1. The molecule has 0 atom stereocenters. The highest BCUT2D eigenvalue weighted by atomic mass is 19.1. The molecule has 0 aromatic heterocycles. The number of halogens is 1. The quantitative estimate of drug-likeness (QED) is 0.832. The first-order valence-corrected chi connectivity index (χ1v) is 7.36. The third kappa shape index (κ3) is 3.57. The fourth-order valence-corrected chi connectivity index (χ4v) is 2.60. The molecule has 0 unspecified atom stereocenters. The summed E-state index contributed by atoms with van der Waals surface area (Å²) in [4.78, 5) is 13.3. The standard InChI is InChI=1S/C16H20FNO2/c17-15-6-5-13(16(19)20)7-14(15)10-18(8-11-1-2-11)9-12-3-4-12/h5-7,11-12H,1-4,8-10H2,(H,19,20). The Morgan fingerprint density at radius 3 is 2.30 bits per heavy atom. The second kappa shape index (κ2) is 5.52. The van der Waals surface area contributed by atoms with Gasteiger partial charge < -0.3 is 5.11 Å². The van der Waals surface area contributed by atoms with Crippen molar-refractivity contribution in [1.29, 1.82) is 0 Å². The molecule has 3 rings (SSSR count). The Hall–Kier alpha value is -1.42. The fourth-order valence-electron chi connectivity index (χ4n) is 2.60. The highest BCUT2D eigenvalue weighted by Gasteiger charge is 2.29. The molecule has 2 fully saturated rings. The number of rotatable bonds is 7. The van der Waals surface area contributed by atoms with Crippen molar-refractivity contribution in [2.45, 2.75) is 32.2 Å². The minimum absolute atomic E-state index is 0.166. The third-order valence-electron chi connectivity index (χ3n) is 4.11. The van der Waals surface area contributed by atoms with Crippen molar-refractivity contribution in [1.82, 2.24) is 4.90 Å². The highest BCUT2D eigenvalue weighted by Crippen LogP contribution is 2.34. The van der Waals surface area contributed by atoms with Gasteiger partial charge in [0, 0.05) is 25.2 Å². The molecule has 108 valence electrons. The van der Waals surface area contributed by atoms with E-state index in [0.717, 1.165) is 24.9 Å². The molecule has 0 saturated heterocycles. The summed E-state index contributed by atoms with van der Waals surface area (Å²) in [7, 11) is 0. The average molecular weight is 277 g/mol. The number of hydrogen-bond acceptors (Lipinski definition) is 2. The van der Waals surface area contributed by atoms with Crippen molar-refractivity contribution in [2.75, 3.05) is 13.1 Å².